The second-order valence-electron chi connectivity index (χ2n) is 11.4. The molecule has 3 N–H and O–H groups in total. The molecular weight excluding hydrogens is 502 g/mol. The fraction of sp³-hybridized carbons (Fsp3) is 0.793. The van der Waals surface area contributed by atoms with Crippen LogP contribution in [-0.2, 0) is 33.4 Å². The summed E-state index contributed by atoms with van der Waals surface area (Å²) in [5.74, 6) is 1.30. The lowest BCUT2D eigenvalue weighted by Gasteiger charge is -2.45. The highest BCUT2D eigenvalue weighted by Gasteiger charge is 2.51. The molecule has 10 atom stereocenters. The molecule has 1 saturated heterocycles. The lowest BCUT2D eigenvalue weighted by Crippen LogP contribution is -2.67. The number of nitrogens with one attached hydrogen (secondary N) is 3. The van der Waals surface area contributed by atoms with Gasteiger partial charge < -0.3 is 30.2 Å². The number of ether oxygens (including phenoxy) is 3. The van der Waals surface area contributed by atoms with Crippen molar-refractivity contribution in [2.24, 2.45) is 29.6 Å². The van der Waals surface area contributed by atoms with E-state index in [0.717, 1.165) is 25.7 Å². The van der Waals surface area contributed by atoms with Crippen LogP contribution in [0.3, 0.4) is 0 Å². The number of carbonyl (C=O) groups is 4. The number of allylic oxidation sites excluding steroid dienone is 1. The molecule has 0 aromatic heterocycles. The van der Waals surface area contributed by atoms with Crippen molar-refractivity contribution in [3.63, 3.8) is 0 Å². The van der Waals surface area contributed by atoms with Crippen molar-refractivity contribution < 1.29 is 33.4 Å². The Morgan fingerprint density at radius 3 is 2.38 bits per heavy atom. The van der Waals surface area contributed by atoms with Gasteiger partial charge >= 0.3 is 5.97 Å². The fourth-order valence-corrected chi connectivity index (χ4v) is 6.87. The minimum atomic E-state index is -0.988. The number of hydrogen-bond donors (Lipinski definition) is 3. The molecule has 2 fully saturated rings. The van der Waals surface area contributed by atoms with Crippen LogP contribution in [0.2, 0.25) is 0 Å². The van der Waals surface area contributed by atoms with E-state index in [9.17, 15) is 19.2 Å². The first-order valence-corrected chi connectivity index (χ1v) is 14.4. The van der Waals surface area contributed by atoms with E-state index in [1.807, 2.05) is 6.92 Å². The van der Waals surface area contributed by atoms with Crippen LogP contribution < -0.4 is 16.0 Å². The second kappa shape index (κ2) is 14.3. The van der Waals surface area contributed by atoms with Crippen molar-refractivity contribution in [1.29, 1.82) is 0 Å². The minimum absolute atomic E-state index is 0.0879. The topological polar surface area (TPSA) is 132 Å². The maximum absolute atomic E-state index is 13.5. The summed E-state index contributed by atoms with van der Waals surface area (Å²) in [6.45, 7) is 7.32. The van der Waals surface area contributed by atoms with Crippen LogP contribution in [0.1, 0.15) is 66.2 Å². The zero-order chi connectivity index (χ0) is 28.7. The zero-order valence-electron chi connectivity index (χ0n) is 24.2. The van der Waals surface area contributed by atoms with Gasteiger partial charge in [0.05, 0.1) is 12.1 Å². The van der Waals surface area contributed by atoms with Gasteiger partial charge in [0.2, 0.25) is 11.8 Å². The van der Waals surface area contributed by atoms with Crippen molar-refractivity contribution in [1.82, 2.24) is 16.0 Å². The molecule has 10 nitrogen and oxygen atoms in total. The summed E-state index contributed by atoms with van der Waals surface area (Å²) >= 11 is 0. The molecule has 220 valence electrons. The molecule has 1 saturated carbocycles. The van der Waals surface area contributed by atoms with E-state index in [0.29, 0.717) is 43.1 Å². The average molecular weight is 550 g/mol. The van der Waals surface area contributed by atoms with Crippen molar-refractivity contribution >= 4 is 23.7 Å². The highest BCUT2D eigenvalue weighted by Crippen LogP contribution is 2.49. The highest BCUT2D eigenvalue weighted by molar-refractivity contribution is 5.82. The van der Waals surface area contributed by atoms with Crippen molar-refractivity contribution in [2.45, 2.75) is 96.7 Å². The van der Waals surface area contributed by atoms with Gasteiger partial charge in [-0.15, -0.1) is 0 Å². The molecule has 10 heteroatoms. The third kappa shape index (κ3) is 7.81. The van der Waals surface area contributed by atoms with Crippen LogP contribution in [0.15, 0.2) is 12.2 Å². The molecule has 39 heavy (non-hydrogen) atoms. The number of esters is 1. The average Bonchev–Trinajstić information content (AvgIpc) is 3.33. The van der Waals surface area contributed by atoms with Gasteiger partial charge in [-0.25, -0.2) is 0 Å². The number of fused-ring (bicyclic) bond motifs is 1. The molecule has 0 bridgehead atoms. The molecule has 0 aromatic carbocycles. The van der Waals surface area contributed by atoms with Gasteiger partial charge in [0, 0.05) is 41.0 Å². The molecule has 0 spiro atoms. The quantitative estimate of drug-likeness (QED) is 0.266. The number of rotatable bonds is 11. The van der Waals surface area contributed by atoms with E-state index in [1.165, 1.54) is 21.0 Å². The van der Waals surface area contributed by atoms with Gasteiger partial charge in [0.25, 0.3) is 5.91 Å². The Kier molecular flexibility index (Phi) is 11.4. The number of hydrogen-bond acceptors (Lipinski definition) is 7. The normalized spacial score (nSPS) is 35.5. The van der Waals surface area contributed by atoms with Crippen LogP contribution in [-0.4, -0.2) is 74.9 Å². The second-order valence-corrected chi connectivity index (χ2v) is 11.4. The third-order valence-corrected chi connectivity index (χ3v) is 8.76. The molecule has 2 aliphatic carbocycles. The fourth-order valence-electron chi connectivity index (χ4n) is 6.87. The lowest BCUT2D eigenvalue weighted by molar-refractivity contribution is -0.210. The number of carbonyl (C=O) groups excluding carboxylic acids is 4. The Bertz CT molecular complexity index is 909. The predicted molar refractivity (Wildman–Crippen MR) is 145 cm³/mol. The predicted octanol–water partition coefficient (Wildman–Crippen LogP) is 2.11. The van der Waals surface area contributed by atoms with Crippen LogP contribution >= 0.6 is 0 Å². The van der Waals surface area contributed by atoms with Crippen LogP contribution in [0, 0.1) is 29.6 Å². The molecule has 1 heterocycles. The van der Waals surface area contributed by atoms with Crippen LogP contribution in [0.25, 0.3) is 0 Å². The van der Waals surface area contributed by atoms with Gasteiger partial charge in [-0.1, -0.05) is 26.0 Å². The van der Waals surface area contributed by atoms with Gasteiger partial charge in [-0.05, 0) is 61.7 Å². The third-order valence-electron chi connectivity index (χ3n) is 8.76. The number of amides is 3. The highest BCUT2D eigenvalue weighted by atomic mass is 16.6. The smallest absolute Gasteiger partial charge is 0.303 e. The summed E-state index contributed by atoms with van der Waals surface area (Å²) in [4.78, 5) is 48.9. The van der Waals surface area contributed by atoms with Crippen molar-refractivity contribution in [2.75, 3.05) is 20.7 Å². The van der Waals surface area contributed by atoms with Gasteiger partial charge in [-0.3, -0.25) is 19.2 Å². The van der Waals surface area contributed by atoms with E-state index in [4.69, 9.17) is 14.2 Å². The van der Waals surface area contributed by atoms with E-state index in [1.54, 1.807) is 7.05 Å². The van der Waals surface area contributed by atoms with Crippen molar-refractivity contribution in [3.05, 3.63) is 12.2 Å². The first kappa shape index (κ1) is 31.1. The Morgan fingerprint density at radius 2 is 1.77 bits per heavy atom. The molecular formula is C29H47N3O7. The molecule has 3 rings (SSSR count). The summed E-state index contributed by atoms with van der Waals surface area (Å²) in [6.07, 6.45) is 6.51. The molecule has 3 aliphatic rings. The SMILES string of the molecule is CC[C@H]1OC(C(=O)NCC2C=CC(C)C3CC(CCCC(=O)NC)CC23)C(OC)[C@H](OC(C)=O)C1NC(C)=O. The van der Waals surface area contributed by atoms with E-state index in [-0.39, 0.29) is 23.6 Å². The zero-order valence-corrected chi connectivity index (χ0v) is 24.2. The number of methoxy groups -OCH3 is 1. The van der Waals surface area contributed by atoms with E-state index < -0.39 is 36.4 Å². The Morgan fingerprint density at radius 1 is 1.05 bits per heavy atom. The summed E-state index contributed by atoms with van der Waals surface area (Å²) in [5, 5.41) is 8.61. The summed E-state index contributed by atoms with van der Waals surface area (Å²) in [6, 6.07) is -0.632. The maximum atomic E-state index is 13.5. The monoisotopic (exact) mass is 549 g/mol. The molecule has 3 amide bonds. The Balaban J connectivity index is 1.66. The van der Waals surface area contributed by atoms with E-state index >= 15 is 0 Å². The maximum Gasteiger partial charge on any atom is 0.303 e. The lowest BCUT2D eigenvalue weighted by atomic mass is 9.73. The summed E-state index contributed by atoms with van der Waals surface area (Å²) in [5.41, 5.74) is 0. The standard InChI is InChI=1S/C29H47N3O7/c1-7-23-25(32-17(3)33)26(38-18(4)34)27(37-6)28(39-23)29(36)31-15-20-12-11-16(2)21-13-19(14-22(20)21)9-8-10-24(35)30-5/h11-12,16,19-23,25-28H,7-10,13-15H2,1-6H3,(H,30,35)(H,31,36)(H,32,33)/t16?,19?,20?,21?,22?,23-,25?,26-,27?,28?/m1/s1. The minimum Gasteiger partial charge on any atom is -0.457 e. The Hall–Kier alpha value is -2.46. The Labute approximate surface area is 232 Å². The van der Waals surface area contributed by atoms with Gasteiger partial charge in [0.1, 0.15) is 6.10 Å². The van der Waals surface area contributed by atoms with Gasteiger partial charge in [0.15, 0.2) is 12.2 Å². The van der Waals surface area contributed by atoms with Crippen molar-refractivity contribution in [3.8, 4) is 0 Å². The summed E-state index contributed by atoms with van der Waals surface area (Å²) in [7, 11) is 3.12. The summed E-state index contributed by atoms with van der Waals surface area (Å²) < 4.78 is 17.4. The van der Waals surface area contributed by atoms with Crippen LogP contribution in [0.5, 0.6) is 0 Å². The molecule has 1 aliphatic heterocycles. The molecule has 0 aromatic rings. The molecule has 0 radical (unpaired) electrons. The first-order valence-electron chi connectivity index (χ1n) is 14.4. The van der Waals surface area contributed by atoms with Gasteiger partial charge in [-0.2, -0.15) is 0 Å². The first-order chi connectivity index (χ1) is 18.6. The van der Waals surface area contributed by atoms with E-state index in [2.05, 4.69) is 35.0 Å². The van der Waals surface area contributed by atoms with Crippen LogP contribution in [0.4, 0.5) is 0 Å². The largest absolute Gasteiger partial charge is 0.457 e. The molecule has 8 unspecified atom stereocenters.